The molecule has 2 nitrogen and oxygen atoms in total. The van der Waals surface area contributed by atoms with E-state index in [-0.39, 0.29) is 5.91 Å². The van der Waals surface area contributed by atoms with E-state index < -0.39 is 0 Å². The van der Waals surface area contributed by atoms with Gasteiger partial charge in [0.05, 0.1) is 0 Å². The lowest BCUT2D eigenvalue weighted by molar-refractivity contribution is -0.113. The Bertz CT molecular complexity index is 607. The fraction of sp³-hybridized carbons (Fsp3) is 0.0625. The molecule has 0 atom stereocenters. The van der Waals surface area contributed by atoms with Gasteiger partial charge >= 0.3 is 0 Å². The van der Waals surface area contributed by atoms with Crippen LogP contribution in [0, 0.1) is 10.5 Å². The molecule has 0 aliphatic heterocycles. The van der Waals surface area contributed by atoms with Gasteiger partial charge in [-0.05, 0) is 71.5 Å². The minimum Gasteiger partial charge on any atom is -0.278 e. The third-order valence-electron chi connectivity index (χ3n) is 2.81. The van der Waals surface area contributed by atoms with Gasteiger partial charge in [-0.1, -0.05) is 24.8 Å². The fourth-order valence-electron chi connectivity index (χ4n) is 1.84. The first kappa shape index (κ1) is 13.8. The van der Waals surface area contributed by atoms with Gasteiger partial charge in [0.1, 0.15) is 0 Å². The normalized spacial score (nSPS) is 10.0. The summed E-state index contributed by atoms with van der Waals surface area (Å²) < 4.78 is 1.18. The lowest BCUT2D eigenvalue weighted by Gasteiger charge is -2.22. The summed E-state index contributed by atoms with van der Waals surface area (Å²) in [5.41, 5.74) is 2.85. The number of hydrogen-bond donors (Lipinski definition) is 0. The van der Waals surface area contributed by atoms with Crippen LogP contribution in [0.1, 0.15) is 5.56 Å². The molecule has 0 heterocycles. The van der Waals surface area contributed by atoms with Crippen molar-refractivity contribution in [1.82, 2.24) is 0 Å². The minimum atomic E-state index is -0.133. The Morgan fingerprint density at radius 1 is 1.16 bits per heavy atom. The molecule has 0 spiro atoms. The van der Waals surface area contributed by atoms with E-state index in [0.29, 0.717) is 0 Å². The SMILES string of the molecule is C=CC(=O)N(c1ccccc1)c1ccc(I)c(C)c1. The van der Waals surface area contributed by atoms with Crippen molar-refractivity contribution >= 4 is 39.9 Å². The lowest BCUT2D eigenvalue weighted by Crippen LogP contribution is -2.23. The molecule has 2 rings (SSSR count). The predicted molar refractivity (Wildman–Crippen MR) is 87.7 cm³/mol. The molecule has 0 bridgehead atoms. The van der Waals surface area contributed by atoms with Gasteiger partial charge < -0.3 is 0 Å². The predicted octanol–water partition coefficient (Wildman–Crippen LogP) is 4.45. The third kappa shape index (κ3) is 3.04. The number of nitrogens with zero attached hydrogens (tertiary/aromatic N) is 1. The molecule has 1 amide bonds. The van der Waals surface area contributed by atoms with Gasteiger partial charge in [-0.2, -0.15) is 0 Å². The van der Waals surface area contributed by atoms with Crippen LogP contribution in [0.3, 0.4) is 0 Å². The molecular weight excluding hydrogens is 349 g/mol. The highest BCUT2D eigenvalue weighted by atomic mass is 127. The van der Waals surface area contributed by atoms with Crippen LogP contribution < -0.4 is 4.90 Å². The van der Waals surface area contributed by atoms with Crippen LogP contribution in [0.15, 0.2) is 61.2 Å². The number of amides is 1. The van der Waals surface area contributed by atoms with Crippen LogP contribution in [0.5, 0.6) is 0 Å². The maximum absolute atomic E-state index is 12.1. The number of benzene rings is 2. The molecule has 0 radical (unpaired) electrons. The molecule has 19 heavy (non-hydrogen) atoms. The zero-order valence-corrected chi connectivity index (χ0v) is 12.8. The second-order valence-electron chi connectivity index (χ2n) is 4.15. The highest BCUT2D eigenvalue weighted by Crippen LogP contribution is 2.27. The van der Waals surface area contributed by atoms with Gasteiger partial charge in [-0.15, -0.1) is 0 Å². The summed E-state index contributed by atoms with van der Waals surface area (Å²) in [6, 6.07) is 15.6. The fourth-order valence-corrected chi connectivity index (χ4v) is 2.18. The van der Waals surface area contributed by atoms with Gasteiger partial charge in [0.2, 0.25) is 0 Å². The van der Waals surface area contributed by atoms with Crippen LogP contribution in [0.4, 0.5) is 11.4 Å². The molecule has 2 aromatic rings. The summed E-state index contributed by atoms with van der Waals surface area (Å²) in [5, 5.41) is 0. The standard InChI is InChI=1S/C16H14INO/c1-3-16(19)18(13-7-5-4-6-8-13)14-9-10-15(17)12(2)11-14/h3-11H,1H2,2H3. The van der Waals surface area contributed by atoms with E-state index in [2.05, 4.69) is 29.2 Å². The Hall–Kier alpha value is -1.62. The largest absolute Gasteiger partial charge is 0.278 e. The average Bonchev–Trinajstić information content (AvgIpc) is 2.44. The number of halogens is 1. The lowest BCUT2D eigenvalue weighted by atomic mass is 10.2. The summed E-state index contributed by atoms with van der Waals surface area (Å²) >= 11 is 2.28. The number of carbonyl (C=O) groups excluding carboxylic acids is 1. The Balaban J connectivity index is 2.52. The van der Waals surface area contributed by atoms with E-state index in [9.17, 15) is 4.79 Å². The first-order valence-electron chi connectivity index (χ1n) is 5.91. The maximum atomic E-state index is 12.1. The van der Waals surface area contributed by atoms with Crippen molar-refractivity contribution in [1.29, 1.82) is 0 Å². The van der Waals surface area contributed by atoms with E-state index in [1.165, 1.54) is 9.65 Å². The average molecular weight is 363 g/mol. The Kier molecular flexibility index (Phi) is 4.37. The molecule has 0 saturated carbocycles. The van der Waals surface area contributed by atoms with Crippen molar-refractivity contribution in [3.8, 4) is 0 Å². The molecule has 0 aromatic heterocycles. The van der Waals surface area contributed by atoms with Gasteiger partial charge in [0.15, 0.2) is 0 Å². The highest BCUT2D eigenvalue weighted by molar-refractivity contribution is 14.1. The van der Waals surface area contributed by atoms with E-state index in [0.717, 1.165) is 16.9 Å². The van der Waals surface area contributed by atoms with Crippen molar-refractivity contribution in [3.63, 3.8) is 0 Å². The van der Waals surface area contributed by atoms with E-state index in [4.69, 9.17) is 0 Å². The van der Waals surface area contributed by atoms with Gasteiger partial charge in [-0.3, -0.25) is 9.69 Å². The number of para-hydroxylation sites is 1. The van der Waals surface area contributed by atoms with Crippen LogP contribution >= 0.6 is 22.6 Å². The summed E-state index contributed by atoms with van der Waals surface area (Å²) in [6.45, 7) is 5.61. The first-order chi connectivity index (χ1) is 9.13. The number of rotatable bonds is 3. The minimum absolute atomic E-state index is 0.133. The van der Waals surface area contributed by atoms with Gasteiger partial charge in [0.25, 0.3) is 5.91 Å². The number of carbonyl (C=O) groups is 1. The molecule has 0 saturated heterocycles. The summed E-state index contributed by atoms with van der Waals surface area (Å²) in [7, 11) is 0. The molecular formula is C16H14INO. The Morgan fingerprint density at radius 3 is 2.42 bits per heavy atom. The molecule has 0 N–H and O–H groups in total. The first-order valence-corrected chi connectivity index (χ1v) is 6.99. The second kappa shape index (κ2) is 6.02. The maximum Gasteiger partial charge on any atom is 0.254 e. The summed E-state index contributed by atoms with van der Waals surface area (Å²) in [6.07, 6.45) is 1.33. The number of hydrogen-bond acceptors (Lipinski definition) is 1. The van der Waals surface area contributed by atoms with Crippen LogP contribution in [0.25, 0.3) is 0 Å². The highest BCUT2D eigenvalue weighted by Gasteiger charge is 2.15. The smallest absolute Gasteiger partial charge is 0.254 e. The Morgan fingerprint density at radius 2 is 1.84 bits per heavy atom. The molecule has 0 aliphatic rings. The van der Waals surface area contributed by atoms with Gasteiger partial charge in [0, 0.05) is 14.9 Å². The van der Waals surface area contributed by atoms with E-state index >= 15 is 0 Å². The van der Waals surface area contributed by atoms with Crippen LogP contribution in [-0.2, 0) is 4.79 Å². The monoisotopic (exact) mass is 363 g/mol. The molecule has 0 unspecified atom stereocenters. The van der Waals surface area contributed by atoms with Crippen molar-refractivity contribution in [3.05, 3.63) is 70.3 Å². The number of anilines is 2. The van der Waals surface area contributed by atoms with Crippen molar-refractivity contribution in [2.75, 3.05) is 4.90 Å². The summed E-state index contributed by atoms with van der Waals surface area (Å²) in [4.78, 5) is 13.8. The molecule has 3 heteroatoms. The zero-order valence-electron chi connectivity index (χ0n) is 10.6. The third-order valence-corrected chi connectivity index (χ3v) is 4.02. The van der Waals surface area contributed by atoms with Gasteiger partial charge in [-0.25, -0.2) is 0 Å². The van der Waals surface area contributed by atoms with Crippen molar-refractivity contribution in [2.45, 2.75) is 6.92 Å². The molecule has 96 valence electrons. The summed E-state index contributed by atoms with van der Waals surface area (Å²) in [5.74, 6) is -0.133. The molecule has 0 aliphatic carbocycles. The van der Waals surface area contributed by atoms with Crippen molar-refractivity contribution < 1.29 is 4.79 Å². The zero-order chi connectivity index (χ0) is 13.8. The second-order valence-corrected chi connectivity index (χ2v) is 5.31. The molecule has 0 fully saturated rings. The van der Waals surface area contributed by atoms with E-state index in [1.807, 2.05) is 55.5 Å². The quantitative estimate of drug-likeness (QED) is 0.583. The number of aryl methyl sites for hydroxylation is 1. The molecule has 2 aromatic carbocycles. The van der Waals surface area contributed by atoms with Crippen molar-refractivity contribution in [2.24, 2.45) is 0 Å². The topological polar surface area (TPSA) is 20.3 Å². The van der Waals surface area contributed by atoms with Crippen LogP contribution in [-0.4, -0.2) is 5.91 Å². The Labute approximate surface area is 126 Å². The van der Waals surface area contributed by atoms with Crippen LogP contribution in [0.2, 0.25) is 0 Å². The van der Waals surface area contributed by atoms with E-state index in [1.54, 1.807) is 4.90 Å².